The first-order chi connectivity index (χ1) is 10.8. The summed E-state index contributed by atoms with van der Waals surface area (Å²) in [4.78, 5) is 17.1. The molecule has 6 heteroatoms. The number of carbonyl (C=O) groups excluding carboxylic acids is 1. The van der Waals surface area contributed by atoms with Gasteiger partial charge in [0.15, 0.2) is 0 Å². The minimum Gasteiger partial charge on any atom is -0.272 e. The lowest BCUT2D eigenvalue weighted by Crippen LogP contribution is -2.23. The maximum atomic E-state index is 12.8. The quantitative estimate of drug-likeness (QED) is 0.569. The van der Waals surface area contributed by atoms with E-state index in [1.807, 2.05) is 55.5 Å². The van der Waals surface area contributed by atoms with Gasteiger partial charge in [-0.25, -0.2) is 9.67 Å². The number of rotatable bonds is 2. The van der Waals surface area contributed by atoms with Crippen LogP contribution in [0, 0.1) is 0 Å². The predicted octanol–water partition coefficient (Wildman–Crippen LogP) is 2.68. The Morgan fingerprint density at radius 3 is 2.50 bits per heavy atom. The molecule has 1 unspecified atom stereocenters. The summed E-state index contributed by atoms with van der Waals surface area (Å²) >= 11 is 0. The van der Waals surface area contributed by atoms with Crippen LogP contribution in [0.15, 0.2) is 54.9 Å². The highest BCUT2D eigenvalue weighted by molar-refractivity contribution is 5.92. The predicted molar refractivity (Wildman–Crippen MR) is 82.6 cm³/mol. The van der Waals surface area contributed by atoms with Gasteiger partial charge in [0.1, 0.15) is 17.9 Å². The van der Waals surface area contributed by atoms with Crippen molar-refractivity contribution in [2.45, 2.75) is 13.0 Å². The molecule has 0 saturated heterocycles. The molecule has 0 fully saturated rings. The van der Waals surface area contributed by atoms with Gasteiger partial charge in [0.2, 0.25) is 0 Å². The molecular weight excluding hydrogens is 278 g/mol. The highest BCUT2D eigenvalue weighted by atomic mass is 16.2. The van der Waals surface area contributed by atoms with E-state index in [9.17, 15) is 4.79 Å². The maximum Gasteiger partial charge on any atom is 0.257 e. The van der Waals surface area contributed by atoms with Crippen molar-refractivity contribution >= 4 is 28.0 Å². The molecule has 4 rings (SSSR count). The van der Waals surface area contributed by atoms with Gasteiger partial charge in [-0.1, -0.05) is 29.5 Å². The van der Waals surface area contributed by atoms with Crippen molar-refractivity contribution in [3.8, 4) is 0 Å². The van der Waals surface area contributed by atoms with Gasteiger partial charge in [0.05, 0.1) is 16.6 Å². The van der Waals surface area contributed by atoms with E-state index in [0.717, 1.165) is 22.1 Å². The molecule has 2 heterocycles. The summed E-state index contributed by atoms with van der Waals surface area (Å²) < 4.78 is 3.21. The maximum absolute atomic E-state index is 12.8. The number of hydrogen-bond donors (Lipinski definition) is 0. The summed E-state index contributed by atoms with van der Waals surface area (Å²) in [5.74, 6) is -0.0932. The molecule has 22 heavy (non-hydrogen) atoms. The van der Waals surface area contributed by atoms with Crippen LogP contribution in [0.2, 0.25) is 0 Å². The number of imidazole rings is 1. The van der Waals surface area contributed by atoms with Gasteiger partial charge in [0, 0.05) is 0 Å². The number of nitrogens with zero attached hydrogens (tertiary/aromatic N) is 5. The van der Waals surface area contributed by atoms with Crippen molar-refractivity contribution < 1.29 is 4.79 Å². The van der Waals surface area contributed by atoms with Crippen LogP contribution in [0.5, 0.6) is 0 Å². The smallest absolute Gasteiger partial charge is 0.257 e. The fourth-order valence-electron chi connectivity index (χ4n) is 2.61. The van der Waals surface area contributed by atoms with Crippen molar-refractivity contribution in [1.82, 2.24) is 24.5 Å². The first-order valence-corrected chi connectivity index (χ1v) is 7.02. The van der Waals surface area contributed by atoms with Gasteiger partial charge in [-0.05, 0) is 31.2 Å². The molecule has 1 atom stereocenters. The second kappa shape index (κ2) is 4.77. The van der Waals surface area contributed by atoms with E-state index < -0.39 is 6.04 Å². The highest BCUT2D eigenvalue weighted by Gasteiger charge is 2.21. The zero-order chi connectivity index (χ0) is 15.1. The summed E-state index contributed by atoms with van der Waals surface area (Å²) in [5.41, 5.74) is 3.21. The Hall–Kier alpha value is -3.02. The standard InChI is InChI=1S/C16H13N5O/c1-11(21-15-9-5-3-7-13(15)18-19-21)16(22)20-10-17-12-6-2-4-8-14(12)20/h2-11H,1H3. The zero-order valence-corrected chi connectivity index (χ0v) is 11.9. The molecule has 0 aliphatic rings. The van der Waals surface area contributed by atoms with Crippen LogP contribution in [0.4, 0.5) is 0 Å². The molecule has 0 N–H and O–H groups in total. The summed E-state index contributed by atoms with van der Waals surface area (Å²) in [6.45, 7) is 1.82. The number of para-hydroxylation sites is 3. The van der Waals surface area contributed by atoms with Crippen LogP contribution in [0.3, 0.4) is 0 Å². The van der Waals surface area contributed by atoms with Crippen LogP contribution in [0.1, 0.15) is 17.8 Å². The second-order valence-corrected chi connectivity index (χ2v) is 5.14. The van der Waals surface area contributed by atoms with E-state index in [1.54, 1.807) is 15.6 Å². The lowest BCUT2D eigenvalue weighted by atomic mass is 10.2. The average Bonchev–Trinajstić information content (AvgIpc) is 3.17. The Morgan fingerprint density at radius 1 is 1.00 bits per heavy atom. The monoisotopic (exact) mass is 291 g/mol. The zero-order valence-electron chi connectivity index (χ0n) is 11.9. The molecule has 2 aromatic heterocycles. The molecule has 2 aromatic carbocycles. The highest BCUT2D eigenvalue weighted by Crippen LogP contribution is 2.19. The third-order valence-corrected chi connectivity index (χ3v) is 3.79. The number of benzene rings is 2. The Labute approximate surface area is 126 Å². The molecule has 0 aliphatic carbocycles. The summed E-state index contributed by atoms with van der Waals surface area (Å²) in [6.07, 6.45) is 1.56. The number of hydrogen-bond acceptors (Lipinski definition) is 4. The van der Waals surface area contributed by atoms with Crippen molar-refractivity contribution in [3.63, 3.8) is 0 Å². The van der Waals surface area contributed by atoms with E-state index >= 15 is 0 Å². The van der Waals surface area contributed by atoms with Gasteiger partial charge < -0.3 is 0 Å². The van der Waals surface area contributed by atoms with Crippen molar-refractivity contribution in [1.29, 1.82) is 0 Å². The van der Waals surface area contributed by atoms with Crippen molar-refractivity contribution in [3.05, 3.63) is 54.9 Å². The lowest BCUT2D eigenvalue weighted by Gasteiger charge is -2.12. The van der Waals surface area contributed by atoms with E-state index in [1.165, 1.54) is 0 Å². The van der Waals surface area contributed by atoms with E-state index in [-0.39, 0.29) is 5.91 Å². The van der Waals surface area contributed by atoms with Gasteiger partial charge >= 0.3 is 0 Å². The Bertz CT molecular complexity index is 984. The third kappa shape index (κ3) is 1.81. The largest absolute Gasteiger partial charge is 0.272 e. The van der Waals surface area contributed by atoms with Gasteiger partial charge in [0.25, 0.3) is 5.91 Å². The van der Waals surface area contributed by atoms with Crippen LogP contribution < -0.4 is 0 Å². The Morgan fingerprint density at radius 2 is 1.68 bits per heavy atom. The molecular formula is C16H13N5O. The normalized spacial score (nSPS) is 12.8. The first-order valence-electron chi connectivity index (χ1n) is 7.02. The minimum absolute atomic E-state index is 0.0932. The molecule has 6 nitrogen and oxygen atoms in total. The molecule has 0 spiro atoms. The van der Waals surface area contributed by atoms with Crippen LogP contribution in [0.25, 0.3) is 22.1 Å². The van der Waals surface area contributed by atoms with Gasteiger partial charge in [-0.3, -0.25) is 9.36 Å². The molecule has 0 aliphatic heterocycles. The lowest BCUT2D eigenvalue weighted by molar-refractivity contribution is 0.0849. The molecule has 0 radical (unpaired) electrons. The van der Waals surface area contributed by atoms with E-state index in [4.69, 9.17) is 0 Å². The number of fused-ring (bicyclic) bond motifs is 2. The second-order valence-electron chi connectivity index (χ2n) is 5.14. The van der Waals surface area contributed by atoms with Crippen LogP contribution in [-0.4, -0.2) is 30.5 Å². The number of carbonyl (C=O) groups is 1. The van der Waals surface area contributed by atoms with E-state index in [2.05, 4.69) is 15.3 Å². The topological polar surface area (TPSA) is 65.6 Å². The van der Waals surface area contributed by atoms with Crippen molar-refractivity contribution in [2.75, 3.05) is 0 Å². The third-order valence-electron chi connectivity index (χ3n) is 3.79. The van der Waals surface area contributed by atoms with Crippen molar-refractivity contribution in [2.24, 2.45) is 0 Å². The summed E-state index contributed by atoms with van der Waals surface area (Å²) in [6, 6.07) is 14.7. The fraction of sp³-hybridized carbons (Fsp3) is 0.125. The molecule has 0 amide bonds. The Kier molecular flexibility index (Phi) is 2.75. The average molecular weight is 291 g/mol. The molecule has 108 valence electrons. The molecule has 0 saturated carbocycles. The van der Waals surface area contributed by atoms with Gasteiger partial charge in [-0.2, -0.15) is 0 Å². The summed E-state index contributed by atoms with van der Waals surface area (Å²) in [7, 11) is 0. The van der Waals surface area contributed by atoms with E-state index in [0.29, 0.717) is 0 Å². The first kappa shape index (κ1) is 12.7. The van der Waals surface area contributed by atoms with Crippen LogP contribution >= 0.6 is 0 Å². The molecule has 0 bridgehead atoms. The molecule has 4 aromatic rings. The minimum atomic E-state index is -0.468. The van der Waals surface area contributed by atoms with Gasteiger partial charge in [-0.15, -0.1) is 5.10 Å². The van der Waals surface area contributed by atoms with Crippen LogP contribution in [-0.2, 0) is 0 Å². The fourth-order valence-corrected chi connectivity index (χ4v) is 2.61. The SMILES string of the molecule is CC(C(=O)n1cnc2ccccc21)n1nnc2ccccc21. The summed E-state index contributed by atoms with van der Waals surface area (Å²) in [5, 5.41) is 8.22. The Balaban J connectivity index is 1.79. The number of aromatic nitrogens is 5.